The number of hydrogen-bond acceptors (Lipinski definition) is 3. The predicted octanol–water partition coefficient (Wildman–Crippen LogP) is 3.67. The Morgan fingerprint density at radius 2 is 2.24 bits per heavy atom. The van der Waals surface area contributed by atoms with Gasteiger partial charge in [0.2, 0.25) is 0 Å². The molecule has 0 aliphatic carbocycles. The number of amides is 1. The lowest BCUT2D eigenvalue weighted by Gasteiger charge is -2.06. The summed E-state index contributed by atoms with van der Waals surface area (Å²) in [6.45, 7) is 3.80. The van der Waals surface area contributed by atoms with Crippen LogP contribution in [0.25, 0.3) is 0 Å². The molecule has 5 heteroatoms. The number of carbonyl (C=O) groups excluding carboxylic acids is 1. The summed E-state index contributed by atoms with van der Waals surface area (Å²) in [5.74, 6) is -0.146. The molecule has 2 heterocycles. The second kappa shape index (κ2) is 4.85. The first-order chi connectivity index (χ1) is 8.08. The first-order valence-corrected chi connectivity index (χ1v) is 6.31. The summed E-state index contributed by atoms with van der Waals surface area (Å²) in [5.41, 5.74) is 2.46. The molecule has 1 N–H and O–H groups in total. The van der Waals surface area contributed by atoms with Gasteiger partial charge in [0.05, 0.1) is 10.6 Å². The summed E-state index contributed by atoms with van der Waals surface area (Å²) < 4.78 is 0. The molecule has 17 heavy (non-hydrogen) atoms. The number of pyridine rings is 1. The van der Waals surface area contributed by atoms with Crippen LogP contribution in [-0.4, -0.2) is 10.9 Å². The van der Waals surface area contributed by atoms with Gasteiger partial charge in [-0.05, 0) is 42.5 Å². The van der Waals surface area contributed by atoms with Gasteiger partial charge >= 0.3 is 0 Å². The smallest absolute Gasteiger partial charge is 0.266 e. The van der Waals surface area contributed by atoms with E-state index >= 15 is 0 Å². The van der Waals surface area contributed by atoms with Crippen molar-refractivity contribution in [3.8, 4) is 0 Å². The minimum Gasteiger partial charge on any atom is -0.319 e. The molecule has 2 aromatic heterocycles. The van der Waals surface area contributed by atoms with Gasteiger partial charge in [-0.25, -0.2) is 4.98 Å². The molecule has 0 aromatic carbocycles. The fraction of sp³-hybridized carbons (Fsp3) is 0.167. The number of aryl methyl sites for hydroxylation is 2. The van der Waals surface area contributed by atoms with E-state index in [0.717, 1.165) is 11.1 Å². The highest BCUT2D eigenvalue weighted by Gasteiger charge is 2.12. The summed E-state index contributed by atoms with van der Waals surface area (Å²) in [7, 11) is 0. The number of halogens is 1. The molecular formula is C12H11ClN2OS. The molecule has 88 valence electrons. The zero-order chi connectivity index (χ0) is 12.4. The SMILES string of the molecule is Cc1cnc(Cl)c(NC(=O)c2sccc2C)c1. The summed E-state index contributed by atoms with van der Waals surface area (Å²) in [4.78, 5) is 16.7. The van der Waals surface area contributed by atoms with Crippen molar-refractivity contribution < 1.29 is 4.79 Å². The number of hydrogen-bond donors (Lipinski definition) is 1. The number of nitrogens with one attached hydrogen (secondary N) is 1. The van der Waals surface area contributed by atoms with Crippen LogP contribution in [0.2, 0.25) is 5.15 Å². The Morgan fingerprint density at radius 3 is 2.88 bits per heavy atom. The second-order valence-corrected chi connectivity index (χ2v) is 5.01. The van der Waals surface area contributed by atoms with Crippen molar-refractivity contribution in [2.45, 2.75) is 13.8 Å². The first kappa shape index (κ1) is 12.1. The summed E-state index contributed by atoms with van der Waals surface area (Å²) in [6.07, 6.45) is 1.66. The molecule has 0 bridgehead atoms. The van der Waals surface area contributed by atoms with Gasteiger partial charge in [0.25, 0.3) is 5.91 Å². The van der Waals surface area contributed by atoms with E-state index in [9.17, 15) is 4.79 Å². The summed E-state index contributed by atoms with van der Waals surface area (Å²) >= 11 is 7.33. The van der Waals surface area contributed by atoms with Crippen molar-refractivity contribution in [2.24, 2.45) is 0 Å². The number of thiophene rings is 1. The van der Waals surface area contributed by atoms with Gasteiger partial charge in [-0.1, -0.05) is 11.6 Å². The molecule has 0 fully saturated rings. The molecule has 2 aromatic rings. The van der Waals surface area contributed by atoms with Crippen molar-refractivity contribution in [3.63, 3.8) is 0 Å². The Morgan fingerprint density at radius 1 is 1.47 bits per heavy atom. The van der Waals surface area contributed by atoms with E-state index in [1.807, 2.05) is 25.3 Å². The third kappa shape index (κ3) is 2.65. The van der Waals surface area contributed by atoms with Gasteiger partial charge < -0.3 is 5.32 Å². The molecule has 0 aliphatic heterocycles. The van der Waals surface area contributed by atoms with Crippen LogP contribution in [-0.2, 0) is 0 Å². The predicted molar refractivity (Wildman–Crippen MR) is 71.0 cm³/mol. The molecule has 1 amide bonds. The van der Waals surface area contributed by atoms with E-state index in [1.54, 1.807) is 12.3 Å². The Balaban J connectivity index is 2.24. The topological polar surface area (TPSA) is 42.0 Å². The molecule has 2 rings (SSSR count). The van der Waals surface area contributed by atoms with Crippen molar-refractivity contribution in [1.29, 1.82) is 0 Å². The van der Waals surface area contributed by atoms with Crippen LogP contribution in [0.3, 0.4) is 0 Å². The van der Waals surface area contributed by atoms with E-state index in [2.05, 4.69) is 10.3 Å². The third-order valence-electron chi connectivity index (χ3n) is 2.29. The zero-order valence-corrected chi connectivity index (χ0v) is 11.0. The molecule has 3 nitrogen and oxygen atoms in total. The molecule has 0 saturated heterocycles. The van der Waals surface area contributed by atoms with Crippen LogP contribution in [0.15, 0.2) is 23.7 Å². The van der Waals surface area contributed by atoms with Crippen LogP contribution in [0, 0.1) is 13.8 Å². The molecular weight excluding hydrogens is 256 g/mol. The van der Waals surface area contributed by atoms with Gasteiger partial charge in [0.1, 0.15) is 0 Å². The van der Waals surface area contributed by atoms with Crippen LogP contribution < -0.4 is 5.32 Å². The van der Waals surface area contributed by atoms with Crippen LogP contribution in [0.4, 0.5) is 5.69 Å². The lowest BCUT2D eigenvalue weighted by atomic mass is 10.2. The molecule has 0 atom stereocenters. The second-order valence-electron chi connectivity index (χ2n) is 3.74. The highest BCUT2D eigenvalue weighted by atomic mass is 35.5. The summed E-state index contributed by atoms with van der Waals surface area (Å²) in [5, 5.41) is 4.96. The van der Waals surface area contributed by atoms with E-state index in [1.165, 1.54) is 11.3 Å². The molecule has 0 saturated carbocycles. The van der Waals surface area contributed by atoms with Gasteiger partial charge in [0, 0.05) is 6.20 Å². The van der Waals surface area contributed by atoms with E-state index in [-0.39, 0.29) is 5.91 Å². The minimum atomic E-state index is -0.146. The van der Waals surface area contributed by atoms with E-state index in [4.69, 9.17) is 11.6 Å². The fourth-order valence-corrected chi connectivity index (χ4v) is 2.40. The van der Waals surface area contributed by atoms with Crippen molar-refractivity contribution in [1.82, 2.24) is 4.98 Å². The quantitative estimate of drug-likeness (QED) is 0.843. The molecule has 0 spiro atoms. The number of aromatic nitrogens is 1. The first-order valence-electron chi connectivity index (χ1n) is 5.05. The Labute approximate surface area is 108 Å². The Bertz CT molecular complexity index is 565. The van der Waals surface area contributed by atoms with Crippen LogP contribution in [0.1, 0.15) is 20.8 Å². The van der Waals surface area contributed by atoms with Crippen LogP contribution >= 0.6 is 22.9 Å². The third-order valence-corrected chi connectivity index (χ3v) is 3.61. The molecule has 0 aliphatic rings. The van der Waals surface area contributed by atoms with Gasteiger partial charge in [-0.3, -0.25) is 4.79 Å². The van der Waals surface area contributed by atoms with E-state index in [0.29, 0.717) is 15.7 Å². The Kier molecular flexibility index (Phi) is 3.45. The standard InChI is InChI=1S/C12H11ClN2OS/c1-7-5-9(11(13)14-6-7)15-12(16)10-8(2)3-4-17-10/h3-6H,1-2H3,(H,15,16). The maximum absolute atomic E-state index is 12.0. The highest BCUT2D eigenvalue weighted by molar-refractivity contribution is 7.12. The van der Waals surface area contributed by atoms with E-state index < -0.39 is 0 Å². The van der Waals surface area contributed by atoms with Gasteiger partial charge in [-0.15, -0.1) is 11.3 Å². The average molecular weight is 267 g/mol. The lowest BCUT2D eigenvalue weighted by molar-refractivity contribution is 0.103. The number of rotatable bonds is 2. The molecule has 0 radical (unpaired) electrons. The number of anilines is 1. The fourth-order valence-electron chi connectivity index (χ4n) is 1.42. The highest BCUT2D eigenvalue weighted by Crippen LogP contribution is 2.22. The normalized spacial score (nSPS) is 10.3. The Hall–Kier alpha value is -1.39. The average Bonchev–Trinajstić information content (AvgIpc) is 2.70. The number of carbonyl (C=O) groups is 1. The number of nitrogens with zero attached hydrogens (tertiary/aromatic N) is 1. The monoisotopic (exact) mass is 266 g/mol. The lowest BCUT2D eigenvalue weighted by Crippen LogP contribution is -2.12. The van der Waals surface area contributed by atoms with Crippen molar-refractivity contribution >= 4 is 34.5 Å². The summed E-state index contributed by atoms with van der Waals surface area (Å²) in [6, 6.07) is 3.71. The maximum Gasteiger partial charge on any atom is 0.266 e. The van der Waals surface area contributed by atoms with Gasteiger partial charge in [-0.2, -0.15) is 0 Å². The maximum atomic E-state index is 12.0. The zero-order valence-electron chi connectivity index (χ0n) is 9.45. The van der Waals surface area contributed by atoms with Crippen molar-refractivity contribution in [3.05, 3.63) is 44.9 Å². The van der Waals surface area contributed by atoms with Crippen molar-refractivity contribution in [2.75, 3.05) is 5.32 Å². The largest absolute Gasteiger partial charge is 0.319 e. The molecule has 0 unspecified atom stereocenters. The van der Waals surface area contributed by atoms with Crippen LogP contribution in [0.5, 0.6) is 0 Å². The minimum absolute atomic E-state index is 0.146. The van der Waals surface area contributed by atoms with Gasteiger partial charge in [0.15, 0.2) is 5.15 Å².